The fourth-order valence-corrected chi connectivity index (χ4v) is 1.97. The van der Waals surface area contributed by atoms with Crippen LogP contribution in [0.25, 0.3) is 0 Å². The Bertz CT molecular complexity index is 596. The van der Waals surface area contributed by atoms with Gasteiger partial charge in [-0.05, 0) is 19.1 Å². The Morgan fingerprint density at radius 2 is 1.90 bits per heavy atom. The first-order chi connectivity index (χ1) is 9.95. The molecular weight excluding hydrogens is 274 g/mol. The van der Waals surface area contributed by atoms with Crippen molar-refractivity contribution in [2.24, 2.45) is 0 Å². The molecule has 2 rings (SSSR count). The third-order valence-corrected chi connectivity index (χ3v) is 2.98. The smallest absolute Gasteiger partial charge is 0.251 e. The van der Waals surface area contributed by atoms with Crippen molar-refractivity contribution in [1.29, 1.82) is 0 Å². The van der Waals surface area contributed by atoms with Gasteiger partial charge in [0.1, 0.15) is 13.1 Å². The zero-order valence-electron chi connectivity index (χ0n) is 11.5. The molecule has 0 aliphatic carbocycles. The molecule has 7 heteroatoms. The van der Waals surface area contributed by atoms with Gasteiger partial charge in [-0.25, -0.2) is 0 Å². The van der Waals surface area contributed by atoms with Crippen LogP contribution in [0.5, 0.6) is 0 Å². The highest BCUT2D eigenvalue weighted by Crippen LogP contribution is 2.03. The summed E-state index contributed by atoms with van der Waals surface area (Å²) >= 11 is 0. The molecule has 0 radical (unpaired) electrons. The molecule has 2 N–H and O–H groups in total. The predicted molar refractivity (Wildman–Crippen MR) is 73.2 cm³/mol. The average Bonchev–Trinajstić information content (AvgIpc) is 2.43. The van der Waals surface area contributed by atoms with E-state index < -0.39 is 17.7 Å². The zero-order valence-corrected chi connectivity index (χ0v) is 11.5. The van der Waals surface area contributed by atoms with Crippen molar-refractivity contribution in [1.82, 2.24) is 15.5 Å². The van der Waals surface area contributed by atoms with Crippen molar-refractivity contribution in [2.45, 2.75) is 6.92 Å². The highest BCUT2D eigenvalue weighted by Gasteiger charge is 2.26. The lowest BCUT2D eigenvalue weighted by Gasteiger charge is -2.25. The lowest BCUT2D eigenvalue weighted by molar-refractivity contribution is -0.144. The van der Waals surface area contributed by atoms with Crippen LogP contribution in [0.15, 0.2) is 24.3 Å². The van der Waals surface area contributed by atoms with E-state index in [0.717, 1.165) is 10.5 Å². The van der Waals surface area contributed by atoms with Gasteiger partial charge in [-0.15, -0.1) is 0 Å². The molecule has 0 atom stereocenters. The normalized spacial score (nSPS) is 14.6. The number of imide groups is 1. The van der Waals surface area contributed by atoms with E-state index in [1.165, 1.54) is 0 Å². The second-order valence-electron chi connectivity index (χ2n) is 4.77. The minimum absolute atomic E-state index is 0.176. The van der Waals surface area contributed by atoms with Gasteiger partial charge in [0.25, 0.3) is 5.91 Å². The Balaban J connectivity index is 1.90. The van der Waals surface area contributed by atoms with Gasteiger partial charge >= 0.3 is 0 Å². The number of nitrogens with zero attached hydrogens (tertiary/aromatic N) is 1. The first-order valence-electron chi connectivity index (χ1n) is 6.41. The van der Waals surface area contributed by atoms with E-state index in [1.54, 1.807) is 18.2 Å². The van der Waals surface area contributed by atoms with Gasteiger partial charge < -0.3 is 10.2 Å². The molecule has 7 nitrogen and oxygen atoms in total. The van der Waals surface area contributed by atoms with Crippen LogP contribution in [-0.4, -0.2) is 48.2 Å². The molecular formula is C14H15N3O4. The van der Waals surface area contributed by atoms with Crippen molar-refractivity contribution in [2.75, 3.05) is 19.6 Å². The van der Waals surface area contributed by atoms with E-state index in [0.29, 0.717) is 5.56 Å². The number of hydrogen-bond acceptors (Lipinski definition) is 4. The van der Waals surface area contributed by atoms with Crippen LogP contribution in [0.1, 0.15) is 15.9 Å². The van der Waals surface area contributed by atoms with Crippen LogP contribution < -0.4 is 10.6 Å². The van der Waals surface area contributed by atoms with Crippen LogP contribution in [0.2, 0.25) is 0 Å². The second-order valence-corrected chi connectivity index (χ2v) is 4.77. The molecule has 1 aliphatic rings. The number of carbonyl (C=O) groups excluding carboxylic acids is 4. The quantitative estimate of drug-likeness (QED) is 0.713. The Kier molecular flexibility index (Phi) is 4.32. The minimum atomic E-state index is -0.524. The summed E-state index contributed by atoms with van der Waals surface area (Å²) in [6.45, 7) is 1.25. The third-order valence-electron chi connectivity index (χ3n) is 2.98. The molecule has 1 aromatic carbocycles. The van der Waals surface area contributed by atoms with Gasteiger partial charge in [0, 0.05) is 5.56 Å². The highest BCUT2D eigenvalue weighted by atomic mass is 16.2. The predicted octanol–water partition coefficient (Wildman–Crippen LogP) is -0.790. The summed E-state index contributed by atoms with van der Waals surface area (Å²) in [6.07, 6.45) is 0. The number of amides is 4. The molecule has 0 bridgehead atoms. The van der Waals surface area contributed by atoms with Crippen LogP contribution in [0.4, 0.5) is 0 Å². The van der Waals surface area contributed by atoms with Gasteiger partial charge in [0.15, 0.2) is 0 Å². The van der Waals surface area contributed by atoms with Crippen molar-refractivity contribution in [3.8, 4) is 0 Å². The van der Waals surface area contributed by atoms with Gasteiger partial charge in [0.2, 0.25) is 17.7 Å². The van der Waals surface area contributed by atoms with Crippen molar-refractivity contribution < 1.29 is 19.2 Å². The number of aryl methyl sites for hydroxylation is 1. The molecule has 0 spiro atoms. The fourth-order valence-electron chi connectivity index (χ4n) is 1.97. The van der Waals surface area contributed by atoms with Crippen LogP contribution in [0, 0.1) is 6.92 Å². The molecule has 0 unspecified atom stereocenters. The summed E-state index contributed by atoms with van der Waals surface area (Å²) in [5.74, 6) is -1.90. The molecule has 0 aromatic heterocycles. The molecule has 1 aliphatic heterocycles. The van der Waals surface area contributed by atoms with Gasteiger partial charge in [-0.1, -0.05) is 17.7 Å². The SMILES string of the molecule is Cc1cccc(C(=O)NCC(=O)N2CC(=O)NC(=O)C2)c1. The van der Waals surface area contributed by atoms with E-state index in [-0.39, 0.29) is 25.5 Å². The first kappa shape index (κ1) is 14.7. The summed E-state index contributed by atoms with van der Waals surface area (Å²) in [5, 5.41) is 4.58. The van der Waals surface area contributed by atoms with E-state index in [1.807, 2.05) is 13.0 Å². The molecule has 21 heavy (non-hydrogen) atoms. The number of benzene rings is 1. The van der Waals surface area contributed by atoms with Crippen LogP contribution >= 0.6 is 0 Å². The van der Waals surface area contributed by atoms with Crippen LogP contribution in [0.3, 0.4) is 0 Å². The molecule has 1 heterocycles. The van der Waals surface area contributed by atoms with E-state index in [2.05, 4.69) is 10.6 Å². The van der Waals surface area contributed by atoms with E-state index in [4.69, 9.17) is 0 Å². The lowest BCUT2D eigenvalue weighted by atomic mass is 10.1. The zero-order chi connectivity index (χ0) is 15.4. The highest BCUT2D eigenvalue weighted by molar-refractivity contribution is 6.03. The Morgan fingerprint density at radius 3 is 2.52 bits per heavy atom. The molecule has 1 aromatic rings. The summed E-state index contributed by atoms with van der Waals surface area (Å²) in [4.78, 5) is 47.2. The average molecular weight is 289 g/mol. The number of hydrogen-bond donors (Lipinski definition) is 2. The van der Waals surface area contributed by atoms with Gasteiger partial charge in [0.05, 0.1) is 6.54 Å². The Labute approximate surface area is 121 Å². The van der Waals surface area contributed by atoms with Crippen molar-refractivity contribution in [3.05, 3.63) is 35.4 Å². The van der Waals surface area contributed by atoms with Crippen LogP contribution in [-0.2, 0) is 14.4 Å². The maximum absolute atomic E-state index is 11.9. The van der Waals surface area contributed by atoms with E-state index >= 15 is 0 Å². The molecule has 1 fully saturated rings. The maximum Gasteiger partial charge on any atom is 0.251 e. The summed E-state index contributed by atoms with van der Waals surface area (Å²) < 4.78 is 0. The van der Waals surface area contributed by atoms with Gasteiger partial charge in [-0.2, -0.15) is 0 Å². The fraction of sp³-hybridized carbons (Fsp3) is 0.286. The van der Waals surface area contributed by atoms with E-state index in [9.17, 15) is 19.2 Å². The molecule has 0 saturated carbocycles. The maximum atomic E-state index is 11.9. The number of carbonyl (C=O) groups is 4. The van der Waals surface area contributed by atoms with Gasteiger partial charge in [-0.3, -0.25) is 24.5 Å². The largest absolute Gasteiger partial charge is 0.343 e. The Morgan fingerprint density at radius 1 is 1.24 bits per heavy atom. The summed E-state index contributed by atoms with van der Waals surface area (Å²) in [5.41, 5.74) is 1.39. The first-order valence-corrected chi connectivity index (χ1v) is 6.41. The topological polar surface area (TPSA) is 95.6 Å². The van der Waals surface area contributed by atoms with Crippen molar-refractivity contribution >= 4 is 23.6 Å². The minimum Gasteiger partial charge on any atom is -0.343 e. The van der Waals surface area contributed by atoms with Crippen molar-refractivity contribution in [3.63, 3.8) is 0 Å². The standard InChI is InChI=1S/C14H15N3O4/c1-9-3-2-4-10(5-9)14(21)15-6-13(20)17-7-11(18)16-12(19)8-17/h2-5H,6-8H2,1H3,(H,15,21)(H,16,18,19). The molecule has 1 saturated heterocycles. The third kappa shape index (κ3) is 3.88. The molecule has 4 amide bonds. The molecule has 110 valence electrons. The lowest BCUT2D eigenvalue weighted by Crippen LogP contribution is -2.55. The summed E-state index contributed by atoms with van der Waals surface area (Å²) in [6, 6.07) is 6.96. The number of rotatable bonds is 3. The number of nitrogens with one attached hydrogen (secondary N) is 2. The monoisotopic (exact) mass is 289 g/mol. The Hall–Kier alpha value is -2.70. The number of piperazine rings is 1. The second kappa shape index (κ2) is 6.17. The summed E-state index contributed by atoms with van der Waals surface area (Å²) in [7, 11) is 0.